The zero-order valence-corrected chi connectivity index (χ0v) is 20.5. The monoisotopic (exact) mass is 497 g/mol. The maximum Gasteiger partial charge on any atom is 0.419 e. The number of nitrogens with one attached hydrogen (secondary N) is 1. The smallest absolute Gasteiger partial charge is 0.357 e. The van der Waals surface area contributed by atoms with Crippen molar-refractivity contribution < 1.29 is 13.2 Å². The number of hydrogen-bond acceptors (Lipinski definition) is 7. The summed E-state index contributed by atoms with van der Waals surface area (Å²) in [6.07, 6.45) is 2.14. The Labute approximate surface area is 208 Å². The molecule has 0 unspecified atom stereocenters. The summed E-state index contributed by atoms with van der Waals surface area (Å²) in [5, 5.41) is 3.42. The van der Waals surface area contributed by atoms with Crippen LogP contribution in [-0.2, 0) is 19.0 Å². The number of nitrogens with zero attached hydrogens (tertiary/aromatic N) is 6. The number of rotatable bonds is 5. The van der Waals surface area contributed by atoms with Gasteiger partial charge in [0.15, 0.2) is 0 Å². The largest absolute Gasteiger partial charge is 0.419 e. The molecule has 0 radical (unpaired) electrons. The van der Waals surface area contributed by atoms with E-state index < -0.39 is 11.7 Å². The molecule has 5 rings (SSSR count). The number of fused-ring (bicyclic) bond motifs is 1. The van der Waals surface area contributed by atoms with Crippen LogP contribution in [0.1, 0.15) is 55.3 Å². The first-order valence-corrected chi connectivity index (χ1v) is 12.4. The molecule has 0 aromatic carbocycles. The second kappa shape index (κ2) is 9.91. The maximum absolute atomic E-state index is 13.6. The van der Waals surface area contributed by atoms with Gasteiger partial charge in [-0.2, -0.15) is 13.2 Å². The number of anilines is 4. The van der Waals surface area contributed by atoms with Crippen LogP contribution in [0.25, 0.3) is 0 Å². The Morgan fingerprint density at radius 1 is 0.917 bits per heavy atom. The van der Waals surface area contributed by atoms with Gasteiger partial charge in [-0.15, -0.1) is 0 Å². The fraction of sp³-hybridized carbons (Fsp3) is 0.462. The maximum atomic E-state index is 13.6. The van der Waals surface area contributed by atoms with Gasteiger partial charge in [0.1, 0.15) is 23.3 Å². The van der Waals surface area contributed by atoms with Gasteiger partial charge in [0.25, 0.3) is 0 Å². The average Bonchev–Trinajstić information content (AvgIpc) is 3.31. The molecule has 5 heterocycles. The molecule has 7 nitrogen and oxygen atoms in total. The summed E-state index contributed by atoms with van der Waals surface area (Å²) in [6, 6.07) is 6.42. The van der Waals surface area contributed by atoms with E-state index in [1.54, 1.807) is 4.90 Å². The van der Waals surface area contributed by atoms with E-state index in [9.17, 15) is 13.2 Å². The Bertz CT molecular complexity index is 1210. The highest BCUT2D eigenvalue weighted by atomic mass is 19.4. The Balaban J connectivity index is 1.42. The van der Waals surface area contributed by atoms with E-state index in [2.05, 4.69) is 20.2 Å². The molecule has 0 bridgehead atoms. The first kappa shape index (κ1) is 24.3. The van der Waals surface area contributed by atoms with Gasteiger partial charge in [-0.05, 0) is 43.5 Å². The van der Waals surface area contributed by atoms with Crippen molar-refractivity contribution in [2.45, 2.75) is 51.6 Å². The normalized spacial score (nSPS) is 16.3. The molecule has 1 fully saturated rings. The SMILES string of the molecule is CC(C)c1nc2c(c(Nc3ccc(N4CCCC4)nc3)n1)CCN(c1ncccc1C(F)(F)F)CC2. The van der Waals surface area contributed by atoms with Crippen LogP contribution in [0.5, 0.6) is 0 Å². The van der Waals surface area contributed by atoms with Crippen LogP contribution >= 0.6 is 0 Å². The number of halogens is 3. The molecule has 36 heavy (non-hydrogen) atoms. The van der Waals surface area contributed by atoms with Crippen molar-refractivity contribution in [2.24, 2.45) is 0 Å². The predicted molar refractivity (Wildman–Crippen MR) is 134 cm³/mol. The molecule has 0 atom stereocenters. The van der Waals surface area contributed by atoms with Gasteiger partial charge in [0.2, 0.25) is 0 Å². The van der Waals surface area contributed by atoms with Crippen molar-refractivity contribution in [3.8, 4) is 0 Å². The second-order valence-electron chi connectivity index (χ2n) is 9.59. The molecule has 0 saturated carbocycles. The topological polar surface area (TPSA) is 70.1 Å². The third kappa shape index (κ3) is 5.08. The van der Waals surface area contributed by atoms with Crippen LogP contribution in [0.2, 0.25) is 0 Å². The van der Waals surface area contributed by atoms with Gasteiger partial charge in [-0.25, -0.2) is 19.9 Å². The summed E-state index contributed by atoms with van der Waals surface area (Å²) >= 11 is 0. The summed E-state index contributed by atoms with van der Waals surface area (Å²) in [5.41, 5.74) is 1.89. The number of hydrogen-bond donors (Lipinski definition) is 1. The van der Waals surface area contributed by atoms with Gasteiger partial charge in [0.05, 0.1) is 23.1 Å². The zero-order valence-electron chi connectivity index (χ0n) is 20.5. The molecule has 0 amide bonds. The van der Waals surface area contributed by atoms with E-state index in [0.29, 0.717) is 37.6 Å². The molecule has 0 aliphatic carbocycles. The Hall–Kier alpha value is -3.43. The van der Waals surface area contributed by atoms with Crippen LogP contribution in [0.4, 0.5) is 36.3 Å². The summed E-state index contributed by atoms with van der Waals surface area (Å²) in [5.74, 6) is 2.44. The molecule has 190 valence electrons. The summed E-state index contributed by atoms with van der Waals surface area (Å²) in [6.45, 7) is 6.90. The highest BCUT2D eigenvalue weighted by Crippen LogP contribution is 2.36. The predicted octanol–water partition coefficient (Wildman–Crippen LogP) is 5.36. The Kier molecular flexibility index (Phi) is 6.68. The quantitative estimate of drug-likeness (QED) is 0.509. The fourth-order valence-electron chi connectivity index (χ4n) is 4.79. The van der Waals surface area contributed by atoms with Crippen LogP contribution in [0, 0.1) is 0 Å². The molecule has 1 N–H and O–H groups in total. The lowest BCUT2D eigenvalue weighted by Crippen LogP contribution is -2.29. The van der Waals surface area contributed by atoms with Crippen molar-refractivity contribution in [2.75, 3.05) is 41.3 Å². The van der Waals surface area contributed by atoms with E-state index in [-0.39, 0.29) is 11.7 Å². The number of alkyl halides is 3. The molecule has 3 aromatic rings. The van der Waals surface area contributed by atoms with E-state index in [4.69, 9.17) is 9.97 Å². The minimum Gasteiger partial charge on any atom is -0.357 e. The van der Waals surface area contributed by atoms with E-state index >= 15 is 0 Å². The number of pyridine rings is 2. The fourth-order valence-corrected chi connectivity index (χ4v) is 4.79. The van der Waals surface area contributed by atoms with Crippen molar-refractivity contribution in [1.29, 1.82) is 0 Å². The van der Waals surface area contributed by atoms with Gasteiger partial charge < -0.3 is 15.1 Å². The van der Waals surface area contributed by atoms with Gasteiger partial charge >= 0.3 is 6.18 Å². The lowest BCUT2D eigenvalue weighted by Gasteiger charge is -2.24. The van der Waals surface area contributed by atoms with Crippen molar-refractivity contribution in [3.63, 3.8) is 0 Å². The van der Waals surface area contributed by atoms with Crippen LogP contribution in [-0.4, -0.2) is 46.1 Å². The molecule has 2 aliphatic heterocycles. The molecule has 2 aliphatic rings. The molecule has 1 saturated heterocycles. The minimum absolute atomic E-state index is 0.0361. The van der Waals surface area contributed by atoms with E-state index in [0.717, 1.165) is 41.9 Å². The van der Waals surface area contributed by atoms with Crippen molar-refractivity contribution >= 4 is 23.1 Å². The third-order valence-electron chi connectivity index (χ3n) is 6.71. The summed E-state index contributed by atoms with van der Waals surface area (Å²) < 4.78 is 40.9. The molecular formula is C26H30F3N7. The van der Waals surface area contributed by atoms with Gasteiger partial charge in [0, 0.05) is 50.3 Å². The van der Waals surface area contributed by atoms with Crippen molar-refractivity contribution in [3.05, 3.63) is 59.3 Å². The standard InChI is InChI=1S/C26H30F3N7/c1-17(2)23-33-21-10-15-36(25-20(26(27,28)29)6-5-11-30-25)14-9-19(21)24(34-23)32-18-7-8-22(31-16-18)35-12-3-4-13-35/h5-8,11,16-17H,3-4,9-10,12-15H2,1-2H3,(H,32,33,34). The highest BCUT2D eigenvalue weighted by molar-refractivity contribution is 5.62. The third-order valence-corrected chi connectivity index (χ3v) is 6.71. The summed E-state index contributed by atoms with van der Waals surface area (Å²) in [7, 11) is 0. The average molecular weight is 498 g/mol. The first-order chi connectivity index (χ1) is 17.3. The zero-order chi connectivity index (χ0) is 25.3. The first-order valence-electron chi connectivity index (χ1n) is 12.4. The van der Waals surface area contributed by atoms with Crippen LogP contribution < -0.4 is 15.1 Å². The number of aromatic nitrogens is 4. The molecule has 10 heteroatoms. The Morgan fingerprint density at radius 2 is 1.69 bits per heavy atom. The van der Waals surface area contributed by atoms with E-state index in [1.165, 1.54) is 25.1 Å². The molecule has 0 spiro atoms. The molecular weight excluding hydrogens is 467 g/mol. The van der Waals surface area contributed by atoms with Crippen molar-refractivity contribution in [1.82, 2.24) is 19.9 Å². The summed E-state index contributed by atoms with van der Waals surface area (Å²) in [4.78, 5) is 22.3. The highest BCUT2D eigenvalue weighted by Gasteiger charge is 2.36. The van der Waals surface area contributed by atoms with Crippen LogP contribution in [0.3, 0.4) is 0 Å². The lowest BCUT2D eigenvalue weighted by molar-refractivity contribution is -0.137. The Morgan fingerprint density at radius 3 is 2.39 bits per heavy atom. The van der Waals surface area contributed by atoms with E-state index in [1.807, 2.05) is 32.2 Å². The molecule has 3 aromatic heterocycles. The second-order valence-corrected chi connectivity index (χ2v) is 9.59. The van der Waals surface area contributed by atoms with Crippen LogP contribution in [0.15, 0.2) is 36.7 Å². The van der Waals surface area contributed by atoms with Gasteiger partial charge in [-0.3, -0.25) is 0 Å². The lowest BCUT2D eigenvalue weighted by atomic mass is 10.1. The van der Waals surface area contributed by atoms with Gasteiger partial charge in [-0.1, -0.05) is 13.8 Å². The minimum atomic E-state index is -4.46.